The number of hydrogen-bond acceptors (Lipinski definition) is 10. The third-order valence-electron chi connectivity index (χ3n) is 10.6. The highest BCUT2D eigenvalue weighted by Crippen LogP contribution is 2.47. The molecule has 1 atom stereocenters. The van der Waals surface area contributed by atoms with E-state index in [4.69, 9.17) is 18.6 Å². The summed E-state index contributed by atoms with van der Waals surface area (Å²) in [6.45, 7) is 6.02. The van der Waals surface area contributed by atoms with Gasteiger partial charge in [-0.15, -0.1) is 0 Å². The number of aryl methyl sites for hydroxylation is 3. The molecule has 0 radical (unpaired) electrons. The van der Waals surface area contributed by atoms with Gasteiger partial charge >= 0.3 is 0 Å². The summed E-state index contributed by atoms with van der Waals surface area (Å²) in [4.78, 5) is 20.4. The lowest BCUT2D eigenvalue weighted by Crippen LogP contribution is -2.43. The van der Waals surface area contributed by atoms with Gasteiger partial charge in [0.15, 0.2) is 16.9 Å². The van der Waals surface area contributed by atoms with Crippen molar-refractivity contribution < 1.29 is 33.9 Å². The summed E-state index contributed by atoms with van der Waals surface area (Å²) >= 11 is 0. The number of H-pyrrole nitrogens is 1. The number of aliphatic hydroxyl groups is 2. The molecule has 2 aromatic heterocycles. The van der Waals surface area contributed by atoms with Crippen LogP contribution >= 0.6 is 0 Å². The molecule has 6 aromatic rings. The lowest BCUT2D eigenvalue weighted by molar-refractivity contribution is 0.176. The Morgan fingerprint density at radius 1 is 0.881 bits per heavy atom. The molecular weight excluding hydrogens is 747 g/mol. The van der Waals surface area contributed by atoms with Crippen LogP contribution in [0.2, 0.25) is 0 Å². The van der Waals surface area contributed by atoms with Gasteiger partial charge in [-0.25, -0.2) is 0 Å². The molecule has 1 saturated heterocycles. The molecule has 11 heteroatoms. The molecule has 4 aromatic carbocycles. The third-order valence-corrected chi connectivity index (χ3v) is 10.6. The Bertz CT molecular complexity index is 2400. The number of ether oxygens (including phenoxy) is 3. The van der Waals surface area contributed by atoms with Crippen LogP contribution in [0.15, 0.2) is 106 Å². The van der Waals surface area contributed by atoms with Crippen LogP contribution in [0.4, 0.5) is 5.82 Å². The molecule has 5 N–H and O–H groups in total. The highest BCUT2D eigenvalue weighted by atomic mass is 16.5. The number of methoxy groups -OCH3 is 1. The van der Waals surface area contributed by atoms with E-state index in [-0.39, 0.29) is 59.9 Å². The van der Waals surface area contributed by atoms with Crippen LogP contribution in [0.25, 0.3) is 39.5 Å². The van der Waals surface area contributed by atoms with Crippen molar-refractivity contribution in [2.75, 3.05) is 58.0 Å². The van der Waals surface area contributed by atoms with Crippen LogP contribution in [-0.2, 0) is 19.3 Å². The fourth-order valence-corrected chi connectivity index (χ4v) is 7.46. The summed E-state index contributed by atoms with van der Waals surface area (Å²) in [5, 5.41) is 34.2. The minimum Gasteiger partial charge on any atom is -0.508 e. The van der Waals surface area contributed by atoms with Crippen LogP contribution < -0.4 is 29.9 Å². The molecule has 1 aliphatic rings. The van der Waals surface area contributed by atoms with Gasteiger partial charge in [-0.1, -0.05) is 73.7 Å². The first-order valence-electron chi connectivity index (χ1n) is 20.4. The topological polar surface area (TPSA) is 150 Å². The average molecular weight is 800 g/mol. The van der Waals surface area contributed by atoms with Crippen molar-refractivity contribution in [2.24, 2.45) is 0 Å². The summed E-state index contributed by atoms with van der Waals surface area (Å²) in [6.07, 6.45) is 5.23. The van der Waals surface area contributed by atoms with Crippen molar-refractivity contribution in [2.45, 2.75) is 45.1 Å². The highest BCUT2D eigenvalue weighted by Gasteiger charge is 2.28. The smallest absolute Gasteiger partial charge is 0.204 e. The molecule has 0 amide bonds. The van der Waals surface area contributed by atoms with E-state index in [0.29, 0.717) is 41.9 Å². The monoisotopic (exact) mass is 799 g/mol. The van der Waals surface area contributed by atoms with E-state index in [1.165, 1.54) is 18.9 Å². The van der Waals surface area contributed by atoms with Gasteiger partial charge in [0.05, 0.1) is 26.4 Å². The van der Waals surface area contributed by atoms with Crippen LogP contribution in [-0.4, -0.2) is 79.5 Å². The van der Waals surface area contributed by atoms with Crippen molar-refractivity contribution in [1.29, 1.82) is 0 Å². The largest absolute Gasteiger partial charge is 0.508 e. The second-order valence-electron chi connectivity index (χ2n) is 14.6. The molecule has 1 aliphatic heterocycles. The van der Waals surface area contributed by atoms with Crippen molar-refractivity contribution in [1.82, 2.24) is 10.3 Å². The maximum atomic E-state index is 14.3. The molecule has 11 nitrogen and oxygen atoms in total. The number of anilines is 1. The SMILES string of the molecule is CCc1cc(-c2cccc(CCc3c(OCCCO)c(OC)c(OCCC(O)C=Cc4ccccc4)c4c(=O)cc(-c5ccc(O)cc5)oc34)c2)c(N2CCNCC2)[nH]1. The highest BCUT2D eigenvalue weighted by molar-refractivity contribution is 5.93. The third kappa shape index (κ3) is 9.83. The molecule has 3 heterocycles. The maximum Gasteiger partial charge on any atom is 0.204 e. The Morgan fingerprint density at radius 2 is 1.66 bits per heavy atom. The van der Waals surface area contributed by atoms with Gasteiger partial charge in [0.25, 0.3) is 0 Å². The number of fused-ring (bicyclic) bond motifs is 1. The first-order valence-corrected chi connectivity index (χ1v) is 20.4. The maximum absolute atomic E-state index is 14.3. The van der Waals surface area contributed by atoms with Gasteiger partial charge < -0.3 is 49.1 Å². The van der Waals surface area contributed by atoms with Crippen molar-refractivity contribution in [3.05, 3.63) is 130 Å². The van der Waals surface area contributed by atoms with Crippen LogP contribution in [0, 0.1) is 0 Å². The van der Waals surface area contributed by atoms with E-state index in [9.17, 15) is 20.1 Å². The Hall–Kier alpha value is -6.01. The van der Waals surface area contributed by atoms with E-state index in [1.807, 2.05) is 36.4 Å². The van der Waals surface area contributed by atoms with Crippen molar-refractivity contribution in [3.63, 3.8) is 0 Å². The van der Waals surface area contributed by atoms with Crippen LogP contribution in [0.3, 0.4) is 0 Å². The first kappa shape index (κ1) is 41.2. The summed E-state index contributed by atoms with van der Waals surface area (Å²) in [7, 11) is 1.50. The van der Waals surface area contributed by atoms with Gasteiger partial charge in [0.2, 0.25) is 5.75 Å². The van der Waals surface area contributed by atoms with Gasteiger partial charge in [-0.3, -0.25) is 4.79 Å². The predicted octanol–water partition coefficient (Wildman–Crippen LogP) is 7.53. The van der Waals surface area contributed by atoms with Gasteiger partial charge in [0.1, 0.15) is 28.3 Å². The Morgan fingerprint density at radius 3 is 2.41 bits per heavy atom. The van der Waals surface area contributed by atoms with Crippen LogP contribution in [0.1, 0.15) is 42.1 Å². The minimum atomic E-state index is -0.812. The molecule has 308 valence electrons. The second kappa shape index (κ2) is 19.6. The molecule has 1 fully saturated rings. The van der Waals surface area contributed by atoms with Gasteiger partial charge in [0, 0.05) is 74.1 Å². The summed E-state index contributed by atoms with van der Waals surface area (Å²) in [5.41, 5.74) is 6.66. The van der Waals surface area contributed by atoms with Crippen molar-refractivity contribution >= 4 is 22.9 Å². The molecule has 0 aliphatic carbocycles. The van der Waals surface area contributed by atoms with E-state index in [2.05, 4.69) is 52.5 Å². The fraction of sp³-hybridized carbons (Fsp3) is 0.312. The van der Waals surface area contributed by atoms with Gasteiger partial charge in [-0.05, 0) is 66.3 Å². The number of benzene rings is 4. The number of aromatic nitrogens is 1. The molecule has 0 saturated carbocycles. The zero-order valence-corrected chi connectivity index (χ0v) is 33.7. The fourth-order valence-electron chi connectivity index (χ4n) is 7.46. The Labute approximate surface area is 344 Å². The summed E-state index contributed by atoms with van der Waals surface area (Å²) in [5.74, 6) is 2.27. The predicted molar refractivity (Wildman–Crippen MR) is 233 cm³/mol. The molecule has 1 unspecified atom stereocenters. The van der Waals surface area contributed by atoms with Crippen molar-refractivity contribution in [3.8, 4) is 45.4 Å². The van der Waals surface area contributed by atoms with E-state index < -0.39 is 6.10 Å². The number of phenols is 1. The summed E-state index contributed by atoms with van der Waals surface area (Å²) in [6, 6.07) is 28.4. The van der Waals surface area contributed by atoms with E-state index in [1.54, 1.807) is 30.3 Å². The standard InChI is InChI=1S/C48H53N3O8/c1-3-36-30-40(48(50-36)51-24-22-49-23-25-51)35-12-7-11-33(29-35)14-20-39-44-43(41(55)31-42(59-44)34-15-18-37(53)19-16-34)46(47(56-2)45(39)57-27-8-26-52)58-28-21-38(54)17-13-32-9-5-4-6-10-32/h4-7,9-13,15-19,29-31,38,49-50,52-54H,3,8,14,20-28H2,1-2H3. The number of aromatic hydroxyl groups is 1. The quantitative estimate of drug-likeness (QED) is 0.0553. The number of aromatic amines is 1. The number of phenolic OH excluding ortho intramolecular Hbond substituents is 1. The first-order chi connectivity index (χ1) is 28.9. The number of hydrogen-bond donors (Lipinski definition) is 5. The molecule has 0 spiro atoms. The Kier molecular flexibility index (Phi) is 13.7. The average Bonchev–Trinajstić information content (AvgIpc) is 3.71. The lowest BCUT2D eigenvalue weighted by atomic mass is 9.97. The Balaban J connectivity index is 1.28. The molecule has 0 bridgehead atoms. The minimum absolute atomic E-state index is 0.0575. The second-order valence-corrected chi connectivity index (χ2v) is 14.6. The number of rotatable bonds is 18. The molecular formula is C48H53N3O8. The van der Waals surface area contributed by atoms with E-state index >= 15 is 0 Å². The molecule has 7 rings (SSSR count). The lowest BCUT2D eigenvalue weighted by Gasteiger charge is -2.29. The molecule has 59 heavy (non-hydrogen) atoms. The van der Waals surface area contributed by atoms with Crippen LogP contribution in [0.5, 0.6) is 23.0 Å². The number of piperazine rings is 1. The normalized spacial score (nSPS) is 13.6. The zero-order chi connectivity index (χ0) is 41.1. The number of aliphatic hydroxyl groups excluding tert-OH is 2. The van der Waals surface area contributed by atoms with E-state index in [0.717, 1.165) is 60.7 Å². The summed E-state index contributed by atoms with van der Waals surface area (Å²) < 4.78 is 25.4. The zero-order valence-electron chi connectivity index (χ0n) is 33.7. The number of nitrogens with zero attached hydrogens (tertiary/aromatic N) is 1. The number of nitrogens with one attached hydrogen (secondary N) is 2. The van der Waals surface area contributed by atoms with Gasteiger partial charge in [-0.2, -0.15) is 0 Å².